The van der Waals surface area contributed by atoms with E-state index in [2.05, 4.69) is 22.8 Å². The van der Waals surface area contributed by atoms with E-state index >= 15 is 0 Å². The molecule has 0 spiro atoms. The van der Waals surface area contributed by atoms with Crippen LogP contribution in [0.3, 0.4) is 0 Å². The highest BCUT2D eigenvalue weighted by atomic mass is 16.5. The van der Waals surface area contributed by atoms with Crippen LogP contribution in [0.5, 0.6) is 0 Å². The van der Waals surface area contributed by atoms with E-state index in [9.17, 15) is 9.90 Å². The van der Waals surface area contributed by atoms with Crippen molar-refractivity contribution in [2.24, 2.45) is 0 Å². The normalized spacial score (nSPS) is 18.7. The Bertz CT molecular complexity index is 879. The number of ether oxygens (including phenoxy) is 1. The molecule has 6 nitrogen and oxygen atoms in total. The van der Waals surface area contributed by atoms with Crippen LogP contribution in [0.25, 0.3) is 11.0 Å². The molecule has 1 N–H and O–H groups in total. The number of benzene rings is 1. The van der Waals surface area contributed by atoms with Crippen molar-refractivity contribution in [2.75, 3.05) is 37.7 Å². The Hall–Kier alpha value is -2.05. The maximum absolute atomic E-state index is 12.3. The van der Waals surface area contributed by atoms with E-state index in [1.807, 2.05) is 13.0 Å². The number of anilines is 1. The molecular weight excluding hydrogens is 380 g/mol. The van der Waals surface area contributed by atoms with Crippen molar-refractivity contribution in [3.63, 3.8) is 0 Å². The highest BCUT2D eigenvalue weighted by molar-refractivity contribution is 6.06. The van der Waals surface area contributed by atoms with Crippen LogP contribution in [-0.2, 0) is 17.7 Å². The Morgan fingerprint density at radius 3 is 2.53 bits per heavy atom. The van der Waals surface area contributed by atoms with Crippen LogP contribution in [0.1, 0.15) is 67.6 Å². The van der Waals surface area contributed by atoms with Crippen molar-refractivity contribution in [2.45, 2.75) is 65.0 Å². The summed E-state index contributed by atoms with van der Waals surface area (Å²) >= 11 is 0. The van der Waals surface area contributed by atoms with E-state index in [0.29, 0.717) is 23.6 Å². The van der Waals surface area contributed by atoms with Gasteiger partial charge in [0.1, 0.15) is 11.3 Å². The Labute approximate surface area is 178 Å². The fraction of sp³-hybridized carbons (Fsp3) is 0.625. The number of hydrogen-bond donors (Lipinski definition) is 1. The number of aromatic carboxylic acids is 1. The third kappa shape index (κ3) is 4.21. The number of rotatable bonds is 7. The van der Waals surface area contributed by atoms with Gasteiger partial charge in [0.2, 0.25) is 0 Å². The summed E-state index contributed by atoms with van der Waals surface area (Å²) < 4.78 is 11.8. The van der Waals surface area contributed by atoms with Gasteiger partial charge in [0.05, 0.1) is 12.1 Å². The van der Waals surface area contributed by atoms with Gasteiger partial charge >= 0.3 is 5.97 Å². The molecule has 0 unspecified atom stereocenters. The lowest BCUT2D eigenvalue weighted by atomic mass is 9.96. The van der Waals surface area contributed by atoms with Crippen molar-refractivity contribution >= 4 is 22.6 Å². The molecule has 2 aromatic rings. The lowest BCUT2D eigenvalue weighted by Gasteiger charge is -2.36. The average molecular weight is 415 g/mol. The molecule has 0 aliphatic carbocycles. The lowest BCUT2D eigenvalue weighted by Crippen LogP contribution is -2.40. The molecular formula is C24H34N2O4. The minimum Gasteiger partial charge on any atom is -0.478 e. The van der Waals surface area contributed by atoms with Crippen molar-refractivity contribution in [1.82, 2.24) is 4.90 Å². The standard InChI is InChI=1S/C24H34N2O4/c1-3-19-21(26(4-2)17-8-12-29-13-9-17)15-22-20(23(19)24(27)28)14-18(30-22)16-25-10-6-5-7-11-25/h14-15,17H,3-13,16H2,1-2H3,(H,27,28). The minimum absolute atomic E-state index is 0.371. The molecule has 4 rings (SSSR count). The van der Waals surface area contributed by atoms with Crippen LogP contribution in [0.2, 0.25) is 0 Å². The highest BCUT2D eigenvalue weighted by Crippen LogP contribution is 2.36. The number of carboxylic acids is 1. The summed E-state index contributed by atoms with van der Waals surface area (Å²) in [5, 5.41) is 10.9. The SMILES string of the molecule is CCc1c(N(CC)C2CCOCC2)cc2oc(CN3CCCCC3)cc2c1C(=O)O. The van der Waals surface area contributed by atoms with Gasteiger partial charge < -0.3 is 19.2 Å². The van der Waals surface area contributed by atoms with Crippen LogP contribution < -0.4 is 4.90 Å². The van der Waals surface area contributed by atoms with Gasteiger partial charge in [-0.05, 0) is 63.7 Å². The maximum atomic E-state index is 12.3. The quantitative estimate of drug-likeness (QED) is 0.709. The molecule has 2 saturated heterocycles. The Kier molecular flexibility index (Phi) is 6.64. The monoisotopic (exact) mass is 414 g/mol. The summed E-state index contributed by atoms with van der Waals surface area (Å²) in [5.41, 5.74) is 3.02. The molecule has 6 heteroatoms. The van der Waals surface area contributed by atoms with Gasteiger partial charge in [-0.3, -0.25) is 4.90 Å². The molecule has 3 heterocycles. The first-order valence-corrected chi connectivity index (χ1v) is 11.5. The van der Waals surface area contributed by atoms with Crippen molar-refractivity contribution in [3.05, 3.63) is 29.0 Å². The number of piperidine rings is 1. The van der Waals surface area contributed by atoms with Gasteiger partial charge in [0.25, 0.3) is 0 Å². The third-order valence-electron chi connectivity index (χ3n) is 6.64. The number of nitrogens with zero attached hydrogens (tertiary/aromatic N) is 2. The second-order valence-electron chi connectivity index (χ2n) is 8.50. The highest BCUT2D eigenvalue weighted by Gasteiger charge is 2.27. The molecule has 1 aromatic carbocycles. The van der Waals surface area contributed by atoms with E-state index < -0.39 is 5.97 Å². The Balaban J connectivity index is 1.76. The Morgan fingerprint density at radius 1 is 1.17 bits per heavy atom. The van der Waals surface area contributed by atoms with Crippen molar-refractivity contribution < 1.29 is 19.1 Å². The van der Waals surface area contributed by atoms with Crippen LogP contribution >= 0.6 is 0 Å². The first kappa shape index (κ1) is 21.2. The molecule has 0 saturated carbocycles. The topological polar surface area (TPSA) is 66.2 Å². The van der Waals surface area contributed by atoms with Gasteiger partial charge in [0, 0.05) is 42.9 Å². The largest absolute Gasteiger partial charge is 0.478 e. The number of likely N-dealkylation sites (tertiary alicyclic amines) is 1. The maximum Gasteiger partial charge on any atom is 0.336 e. The summed E-state index contributed by atoms with van der Waals surface area (Å²) in [6.07, 6.45) is 6.36. The fourth-order valence-corrected chi connectivity index (χ4v) is 5.16. The first-order valence-electron chi connectivity index (χ1n) is 11.5. The van der Waals surface area contributed by atoms with Gasteiger partial charge in [-0.15, -0.1) is 0 Å². The molecule has 30 heavy (non-hydrogen) atoms. The zero-order valence-corrected chi connectivity index (χ0v) is 18.3. The number of hydrogen-bond acceptors (Lipinski definition) is 5. The fourth-order valence-electron chi connectivity index (χ4n) is 5.16. The molecule has 0 amide bonds. The van der Waals surface area contributed by atoms with Crippen LogP contribution in [-0.4, -0.2) is 54.9 Å². The average Bonchev–Trinajstić information content (AvgIpc) is 3.16. The zero-order valence-electron chi connectivity index (χ0n) is 18.3. The second kappa shape index (κ2) is 9.40. The molecule has 0 radical (unpaired) electrons. The third-order valence-corrected chi connectivity index (χ3v) is 6.64. The minimum atomic E-state index is -0.868. The summed E-state index contributed by atoms with van der Waals surface area (Å²) in [4.78, 5) is 17.1. The van der Waals surface area contributed by atoms with Crippen LogP contribution in [0, 0.1) is 0 Å². The van der Waals surface area contributed by atoms with E-state index in [1.165, 1.54) is 19.3 Å². The molecule has 0 bridgehead atoms. The molecule has 1 aromatic heterocycles. The summed E-state index contributed by atoms with van der Waals surface area (Å²) in [7, 11) is 0. The summed E-state index contributed by atoms with van der Waals surface area (Å²) in [5.74, 6) is -0.00484. The molecule has 2 fully saturated rings. The molecule has 164 valence electrons. The van der Waals surface area contributed by atoms with E-state index in [-0.39, 0.29) is 0 Å². The van der Waals surface area contributed by atoms with E-state index in [1.54, 1.807) is 0 Å². The van der Waals surface area contributed by atoms with Gasteiger partial charge in [-0.25, -0.2) is 4.79 Å². The summed E-state index contributed by atoms with van der Waals surface area (Å²) in [6.45, 7) is 9.47. The number of carbonyl (C=O) groups is 1. The zero-order chi connectivity index (χ0) is 21.1. The van der Waals surface area contributed by atoms with E-state index in [4.69, 9.17) is 9.15 Å². The van der Waals surface area contributed by atoms with Crippen LogP contribution in [0.15, 0.2) is 16.5 Å². The summed E-state index contributed by atoms with van der Waals surface area (Å²) in [6, 6.07) is 4.41. The van der Waals surface area contributed by atoms with Gasteiger partial charge in [-0.1, -0.05) is 13.3 Å². The molecule has 2 aliphatic rings. The number of fused-ring (bicyclic) bond motifs is 1. The molecule has 0 atom stereocenters. The smallest absolute Gasteiger partial charge is 0.336 e. The van der Waals surface area contributed by atoms with Crippen molar-refractivity contribution in [3.8, 4) is 0 Å². The predicted octanol–water partition coefficient (Wildman–Crippen LogP) is 4.68. The second-order valence-corrected chi connectivity index (χ2v) is 8.50. The number of furan rings is 1. The van der Waals surface area contributed by atoms with Gasteiger partial charge in [0.15, 0.2) is 0 Å². The van der Waals surface area contributed by atoms with E-state index in [0.717, 1.165) is 74.6 Å². The lowest BCUT2D eigenvalue weighted by molar-refractivity contribution is 0.0697. The van der Waals surface area contributed by atoms with Gasteiger partial charge in [-0.2, -0.15) is 0 Å². The Morgan fingerprint density at radius 2 is 1.90 bits per heavy atom. The van der Waals surface area contributed by atoms with Crippen molar-refractivity contribution in [1.29, 1.82) is 0 Å². The molecule has 2 aliphatic heterocycles. The first-order chi connectivity index (χ1) is 14.6. The predicted molar refractivity (Wildman–Crippen MR) is 119 cm³/mol. The van der Waals surface area contributed by atoms with Crippen LogP contribution in [0.4, 0.5) is 5.69 Å². The number of carboxylic acid groups (broad SMARTS) is 1.